The van der Waals surface area contributed by atoms with E-state index in [-0.39, 0.29) is 11.7 Å². The number of hydrogen-bond acceptors (Lipinski definition) is 4. The molecule has 0 atom stereocenters. The van der Waals surface area contributed by atoms with Crippen molar-refractivity contribution in [2.45, 2.75) is 6.54 Å². The van der Waals surface area contributed by atoms with Crippen LogP contribution in [0, 0.1) is 0 Å². The summed E-state index contributed by atoms with van der Waals surface area (Å²) in [5, 5.41) is 11.7. The minimum atomic E-state index is -0.162. The maximum Gasteiger partial charge on any atom is 0.272 e. The predicted octanol–water partition coefficient (Wildman–Crippen LogP) is 1.45. The van der Waals surface area contributed by atoms with Crippen molar-refractivity contribution < 1.29 is 10.0 Å². The molecule has 6 nitrogen and oxygen atoms in total. The lowest BCUT2D eigenvalue weighted by molar-refractivity contribution is 0.0779. The standard InChI is InChI=1S/C15H16N4O2/c1-19(15(20)13-7-2-3-8-17-13)10-11-5-4-6-12(9-11)14(16)18-21/h2-9,21H,10H2,1H3,(H2,16,18). The smallest absolute Gasteiger partial charge is 0.272 e. The first kappa shape index (κ1) is 14.5. The molecule has 0 saturated heterocycles. The van der Waals surface area contributed by atoms with E-state index in [9.17, 15) is 4.79 Å². The van der Waals surface area contributed by atoms with Crippen LogP contribution in [0.1, 0.15) is 21.6 Å². The molecule has 0 saturated carbocycles. The van der Waals surface area contributed by atoms with Gasteiger partial charge in [0.15, 0.2) is 5.84 Å². The van der Waals surface area contributed by atoms with E-state index in [1.807, 2.05) is 6.07 Å². The van der Waals surface area contributed by atoms with E-state index in [2.05, 4.69) is 10.1 Å². The number of pyridine rings is 1. The molecule has 1 aromatic heterocycles. The molecule has 21 heavy (non-hydrogen) atoms. The van der Waals surface area contributed by atoms with E-state index in [1.165, 1.54) is 0 Å². The Hall–Kier alpha value is -2.89. The van der Waals surface area contributed by atoms with Crippen molar-refractivity contribution in [3.05, 3.63) is 65.5 Å². The quantitative estimate of drug-likeness (QED) is 0.385. The Kier molecular flexibility index (Phi) is 4.50. The van der Waals surface area contributed by atoms with Crippen LogP contribution in [0.3, 0.4) is 0 Å². The Balaban J connectivity index is 2.13. The number of nitrogens with two attached hydrogens (primary N) is 1. The van der Waals surface area contributed by atoms with Crippen LogP contribution >= 0.6 is 0 Å². The van der Waals surface area contributed by atoms with Gasteiger partial charge in [-0.3, -0.25) is 9.78 Å². The third-order valence-electron chi connectivity index (χ3n) is 2.98. The summed E-state index contributed by atoms with van der Waals surface area (Å²) in [4.78, 5) is 17.8. The van der Waals surface area contributed by atoms with E-state index in [0.717, 1.165) is 5.56 Å². The third-order valence-corrected chi connectivity index (χ3v) is 2.98. The summed E-state index contributed by atoms with van der Waals surface area (Å²) in [7, 11) is 1.70. The molecule has 1 amide bonds. The number of carbonyl (C=O) groups excluding carboxylic acids is 1. The van der Waals surface area contributed by atoms with Crippen LogP contribution in [0.4, 0.5) is 0 Å². The van der Waals surface area contributed by atoms with Crippen molar-refractivity contribution in [2.75, 3.05) is 7.05 Å². The number of hydrogen-bond donors (Lipinski definition) is 2. The molecule has 1 aromatic carbocycles. The van der Waals surface area contributed by atoms with Gasteiger partial charge in [-0.05, 0) is 23.8 Å². The zero-order chi connectivity index (χ0) is 15.2. The van der Waals surface area contributed by atoms with Gasteiger partial charge in [0.1, 0.15) is 5.69 Å². The zero-order valence-electron chi connectivity index (χ0n) is 11.6. The van der Waals surface area contributed by atoms with E-state index in [1.54, 1.807) is 54.5 Å². The molecule has 108 valence electrons. The van der Waals surface area contributed by atoms with Gasteiger partial charge in [0.05, 0.1) is 0 Å². The van der Waals surface area contributed by atoms with Crippen LogP contribution in [0.5, 0.6) is 0 Å². The van der Waals surface area contributed by atoms with E-state index in [4.69, 9.17) is 10.9 Å². The van der Waals surface area contributed by atoms with Gasteiger partial charge in [-0.1, -0.05) is 29.4 Å². The monoisotopic (exact) mass is 284 g/mol. The van der Waals surface area contributed by atoms with Crippen LogP contribution in [0.25, 0.3) is 0 Å². The Bertz CT molecular complexity index is 656. The Morgan fingerprint density at radius 3 is 2.81 bits per heavy atom. The lowest BCUT2D eigenvalue weighted by Gasteiger charge is -2.17. The summed E-state index contributed by atoms with van der Waals surface area (Å²) in [6.07, 6.45) is 1.58. The highest BCUT2D eigenvalue weighted by atomic mass is 16.4. The molecule has 1 heterocycles. The topological polar surface area (TPSA) is 91.8 Å². The Morgan fingerprint density at radius 2 is 2.14 bits per heavy atom. The first-order chi connectivity index (χ1) is 10.1. The average Bonchev–Trinajstić information content (AvgIpc) is 2.54. The molecule has 0 radical (unpaired) electrons. The lowest BCUT2D eigenvalue weighted by Crippen LogP contribution is -2.27. The molecular weight excluding hydrogens is 268 g/mol. The molecule has 2 aromatic rings. The SMILES string of the molecule is CN(Cc1cccc(C(N)=NO)c1)C(=O)c1ccccn1. The van der Waals surface area contributed by atoms with Crippen molar-refractivity contribution in [1.29, 1.82) is 0 Å². The van der Waals surface area contributed by atoms with Gasteiger partial charge in [-0.2, -0.15) is 0 Å². The predicted molar refractivity (Wildman–Crippen MR) is 79.0 cm³/mol. The molecule has 0 aliphatic heterocycles. The number of aromatic nitrogens is 1. The van der Waals surface area contributed by atoms with Gasteiger partial charge in [0.25, 0.3) is 5.91 Å². The second-order valence-corrected chi connectivity index (χ2v) is 4.56. The molecular formula is C15H16N4O2. The van der Waals surface area contributed by atoms with Crippen LogP contribution in [0.15, 0.2) is 53.8 Å². The van der Waals surface area contributed by atoms with Crippen molar-refractivity contribution in [3.8, 4) is 0 Å². The number of rotatable bonds is 4. The average molecular weight is 284 g/mol. The number of amides is 1. The third kappa shape index (κ3) is 3.56. The lowest BCUT2D eigenvalue weighted by atomic mass is 10.1. The Labute approximate surface area is 122 Å². The number of nitrogens with zero attached hydrogens (tertiary/aromatic N) is 3. The molecule has 3 N–H and O–H groups in total. The fraction of sp³-hybridized carbons (Fsp3) is 0.133. The van der Waals surface area contributed by atoms with Crippen molar-refractivity contribution in [3.63, 3.8) is 0 Å². The van der Waals surface area contributed by atoms with E-state index in [0.29, 0.717) is 17.8 Å². The van der Waals surface area contributed by atoms with Crippen molar-refractivity contribution in [1.82, 2.24) is 9.88 Å². The first-order valence-electron chi connectivity index (χ1n) is 6.35. The van der Waals surface area contributed by atoms with Crippen molar-refractivity contribution >= 4 is 11.7 Å². The highest BCUT2D eigenvalue weighted by Gasteiger charge is 2.13. The number of benzene rings is 1. The van der Waals surface area contributed by atoms with Crippen molar-refractivity contribution in [2.24, 2.45) is 10.9 Å². The molecule has 0 bridgehead atoms. The molecule has 0 aliphatic rings. The highest BCUT2D eigenvalue weighted by Crippen LogP contribution is 2.09. The van der Waals surface area contributed by atoms with Gasteiger partial charge in [0, 0.05) is 25.4 Å². The first-order valence-corrected chi connectivity index (χ1v) is 6.35. The summed E-state index contributed by atoms with van der Waals surface area (Å²) in [6.45, 7) is 0.405. The van der Waals surface area contributed by atoms with Crippen LogP contribution < -0.4 is 5.73 Å². The summed E-state index contributed by atoms with van der Waals surface area (Å²) in [5.74, 6) is -0.125. The van der Waals surface area contributed by atoms with Crippen LogP contribution in [-0.4, -0.2) is 33.9 Å². The van der Waals surface area contributed by atoms with Crippen LogP contribution in [0.2, 0.25) is 0 Å². The fourth-order valence-corrected chi connectivity index (χ4v) is 1.92. The fourth-order valence-electron chi connectivity index (χ4n) is 1.92. The molecule has 0 unspecified atom stereocenters. The number of carbonyl (C=O) groups is 1. The minimum absolute atomic E-state index is 0.0376. The van der Waals surface area contributed by atoms with Gasteiger partial charge in [-0.15, -0.1) is 0 Å². The molecule has 2 rings (SSSR count). The van der Waals surface area contributed by atoms with Gasteiger partial charge in [0.2, 0.25) is 0 Å². The highest BCUT2D eigenvalue weighted by molar-refractivity contribution is 5.97. The van der Waals surface area contributed by atoms with Gasteiger partial charge >= 0.3 is 0 Å². The molecule has 0 aliphatic carbocycles. The van der Waals surface area contributed by atoms with E-state index < -0.39 is 0 Å². The summed E-state index contributed by atoms with van der Waals surface area (Å²) < 4.78 is 0. The molecule has 0 spiro atoms. The molecule has 0 fully saturated rings. The summed E-state index contributed by atoms with van der Waals surface area (Å²) >= 11 is 0. The second-order valence-electron chi connectivity index (χ2n) is 4.56. The van der Waals surface area contributed by atoms with Gasteiger partial charge in [-0.25, -0.2) is 0 Å². The number of oxime groups is 1. The molecule has 6 heteroatoms. The maximum absolute atomic E-state index is 12.2. The normalized spacial score (nSPS) is 11.2. The summed E-state index contributed by atoms with van der Waals surface area (Å²) in [6, 6.07) is 12.4. The van der Waals surface area contributed by atoms with E-state index >= 15 is 0 Å². The number of amidine groups is 1. The van der Waals surface area contributed by atoms with Gasteiger partial charge < -0.3 is 15.8 Å². The Morgan fingerprint density at radius 1 is 1.33 bits per heavy atom. The summed E-state index contributed by atoms with van der Waals surface area (Å²) in [5.41, 5.74) is 7.44. The second kappa shape index (κ2) is 6.51. The van der Waals surface area contributed by atoms with Crippen LogP contribution in [-0.2, 0) is 6.54 Å². The zero-order valence-corrected chi connectivity index (χ0v) is 11.6. The minimum Gasteiger partial charge on any atom is -0.409 e. The maximum atomic E-state index is 12.2. The largest absolute Gasteiger partial charge is 0.409 e.